The van der Waals surface area contributed by atoms with Gasteiger partial charge in [0.05, 0.1) is 12.0 Å². The van der Waals surface area contributed by atoms with E-state index < -0.39 is 0 Å². The van der Waals surface area contributed by atoms with Gasteiger partial charge in [-0.1, -0.05) is 13.0 Å². The van der Waals surface area contributed by atoms with Crippen molar-refractivity contribution in [2.45, 2.75) is 39.0 Å². The first-order valence-electron chi connectivity index (χ1n) is 7.77. The number of amides is 1. The number of hydrogen-bond acceptors (Lipinski definition) is 3. The van der Waals surface area contributed by atoms with E-state index in [1.54, 1.807) is 7.11 Å². The Morgan fingerprint density at radius 1 is 1.50 bits per heavy atom. The number of methoxy groups -OCH3 is 1. The van der Waals surface area contributed by atoms with Gasteiger partial charge in [-0.05, 0) is 43.6 Å². The van der Waals surface area contributed by atoms with Crippen molar-refractivity contribution in [1.29, 1.82) is 0 Å². The summed E-state index contributed by atoms with van der Waals surface area (Å²) in [5.41, 5.74) is 6.99. The molecule has 0 aromatic rings. The van der Waals surface area contributed by atoms with Gasteiger partial charge in [0, 0.05) is 26.7 Å². The van der Waals surface area contributed by atoms with Gasteiger partial charge in [0.1, 0.15) is 0 Å². The molecule has 2 rings (SSSR count). The lowest BCUT2D eigenvalue weighted by Crippen LogP contribution is -2.50. The van der Waals surface area contributed by atoms with Gasteiger partial charge >= 0.3 is 0 Å². The molecule has 2 aliphatic rings. The summed E-state index contributed by atoms with van der Waals surface area (Å²) in [6.07, 6.45) is 7.23. The summed E-state index contributed by atoms with van der Waals surface area (Å²) in [6, 6.07) is 0. The second kappa shape index (κ2) is 6.72. The number of carbonyl (C=O) groups is 1. The summed E-state index contributed by atoms with van der Waals surface area (Å²) in [4.78, 5) is 14.9. The normalized spacial score (nSPS) is 31.1. The van der Waals surface area contributed by atoms with Crippen LogP contribution in [0.2, 0.25) is 0 Å². The second-order valence-corrected chi connectivity index (χ2v) is 6.46. The van der Waals surface area contributed by atoms with E-state index in [2.05, 4.69) is 13.0 Å². The summed E-state index contributed by atoms with van der Waals surface area (Å²) in [6.45, 7) is 4.97. The number of hydrogen-bond donors (Lipinski definition) is 1. The lowest BCUT2D eigenvalue weighted by atomic mass is 9.70. The summed E-state index contributed by atoms with van der Waals surface area (Å²) in [5, 5.41) is 0. The topological polar surface area (TPSA) is 55.6 Å². The van der Waals surface area contributed by atoms with Gasteiger partial charge in [0.2, 0.25) is 5.91 Å². The molecule has 0 radical (unpaired) electrons. The van der Waals surface area contributed by atoms with E-state index in [1.807, 2.05) is 4.90 Å². The van der Waals surface area contributed by atoms with Gasteiger partial charge in [0.25, 0.3) is 0 Å². The summed E-state index contributed by atoms with van der Waals surface area (Å²) < 4.78 is 5.15. The molecule has 20 heavy (non-hydrogen) atoms. The summed E-state index contributed by atoms with van der Waals surface area (Å²) >= 11 is 0. The summed E-state index contributed by atoms with van der Waals surface area (Å²) in [7, 11) is 1.71. The van der Waals surface area contributed by atoms with Gasteiger partial charge in [-0.2, -0.15) is 0 Å². The van der Waals surface area contributed by atoms with Crippen molar-refractivity contribution >= 4 is 5.91 Å². The van der Waals surface area contributed by atoms with Gasteiger partial charge in [-0.3, -0.25) is 4.79 Å². The molecule has 1 amide bonds. The molecule has 1 aliphatic heterocycles. The van der Waals surface area contributed by atoms with E-state index in [4.69, 9.17) is 10.5 Å². The van der Waals surface area contributed by atoms with Crippen LogP contribution < -0.4 is 5.73 Å². The zero-order chi connectivity index (χ0) is 14.6. The van der Waals surface area contributed by atoms with Gasteiger partial charge in [0.15, 0.2) is 0 Å². The maximum atomic E-state index is 12.9. The van der Waals surface area contributed by atoms with E-state index in [0.29, 0.717) is 13.2 Å². The number of rotatable bonds is 4. The molecular weight excluding hydrogens is 252 g/mol. The largest absolute Gasteiger partial charge is 0.380 e. The molecule has 4 nitrogen and oxygen atoms in total. The van der Waals surface area contributed by atoms with Crippen LogP contribution in [-0.4, -0.2) is 44.2 Å². The van der Waals surface area contributed by atoms with E-state index in [-0.39, 0.29) is 11.3 Å². The Balaban J connectivity index is 2.00. The van der Waals surface area contributed by atoms with E-state index in [1.165, 1.54) is 5.57 Å². The van der Waals surface area contributed by atoms with Crippen LogP contribution in [0.5, 0.6) is 0 Å². The molecule has 0 spiro atoms. The quantitative estimate of drug-likeness (QED) is 0.801. The summed E-state index contributed by atoms with van der Waals surface area (Å²) in [5.74, 6) is 1.01. The third kappa shape index (κ3) is 3.23. The number of nitrogens with zero attached hydrogens (tertiary/aromatic N) is 1. The second-order valence-electron chi connectivity index (χ2n) is 6.46. The first-order chi connectivity index (χ1) is 9.61. The van der Waals surface area contributed by atoms with Crippen LogP contribution in [0.25, 0.3) is 0 Å². The first-order valence-corrected chi connectivity index (χ1v) is 7.77. The minimum Gasteiger partial charge on any atom is -0.380 e. The van der Waals surface area contributed by atoms with Crippen LogP contribution in [0, 0.1) is 11.3 Å². The predicted octanol–water partition coefficient (Wildman–Crippen LogP) is 1.95. The van der Waals surface area contributed by atoms with Gasteiger partial charge < -0.3 is 15.4 Å². The van der Waals surface area contributed by atoms with E-state index in [9.17, 15) is 4.79 Å². The number of ether oxygens (including phenoxy) is 1. The molecule has 0 unspecified atom stereocenters. The maximum absolute atomic E-state index is 12.9. The van der Waals surface area contributed by atoms with Crippen molar-refractivity contribution in [1.82, 2.24) is 4.90 Å². The monoisotopic (exact) mass is 280 g/mol. The Morgan fingerprint density at radius 3 is 2.70 bits per heavy atom. The van der Waals surface area contributed by atoms with Crippen LogP contribution in [0.1, 0.15) is 39.0 Å². The molecule has 4 heteroatoms. The average Bonchev–Trinajstić information content (AvgIpc) is 2.49. The smallest absolute Gasteiger partial charge is 0.230 e. The van der Waals surface area contributed by atoms with Crippen LogP contribution in [-0.2, 0) is 9.53 Å². The number of nitrogens with two attached hydrogens (primary N) is 1. The molecule has 0 atom stereocenters. The number of carbonyl (C=O) groups excluding carboxylic acids is 1. The zero-order valence-electron chi connectivity index (χ0n) is 12.9. The van der Waals surface area contributed by atoms with Crippen molar-refractivity contribution in [2.24, 2.45) is 17.1 Å². The highest BCUT2D eigenvalue weighted by Crippen LogP contribution is 2.40. The fourth-order valence-corrected chi connectivity index (χ4v) is 3.37. The standard InChI is InChI=1S/C16H28N2O2/c1-13-3-7-16(12-17,8-4-13)15(19)18-9-5-14(6-10-18)11-20-2/h5,13H,3-4,6-12,17H2,1-2H3. The van der Waals surface area contributed by atoms with Crippen molar-refractivity contribution < 1.29 is 9.53 Å². The lowest BCUT2D eigenvalue weighted by molar-refractivity contribution is -0.143. The van der Waals surface area contributed by atoms with E-state index >= 15 is 0 Å². The van der Waals surface area contributed by atoms with Crippen molar-refractivity contribution in [2.75, 3.05) is 33.4 Å². The van der Waals surface area contributed by atoms with Crippen LogP contribution >= 0.6 is 0 Å². The van der Waals surface area contributed by atoms with Crippen molar-refractivity contribution in [3.05, 3.63) is 11.6 Å². The first kappa shape index (κ1) is 15.5. The fourth-order valence-electron chi connectivity index (χ4n) is 3.37. The molecule has 1 heterocycles. The zero-order valence-corrected chi connectivity index (χ0v) is 12.9. The minimum atomic E-state index is -0.293. The molecule has 0 bridgehead atoms. The molecule has 1 aliphatic carbocycles. The Kier molecular flexibility index (Phi) is 5.22. The Labute approximate surface area is 122 Å². The molecule has 2 N–H and O–H groups in total. The third-order valence-corrected chi connectivity index (χ3v) is 5.00. The maximum Gasteiger partial charge on any atom is 0.230 e. The lowest BCUT2D eigenvalue weighted by Gasteiger charge is -2.41. The average molecular weight is 280 g/mol. The Bertz CT molecular complexity index is 371. The molecule has 1 saturated carbocycles. The Hall–Kier alpha value is -0.870. The molecule has 0 aromatic heterocycles. The van der Waals surface area contributed by atoms with Crippen molar-refractivity contribution in [3.8, 4) is 0 Å². The molecular formula is C16H28N2O2. The van der Waals surface area contributed by atoms with Crippen LogP contribution in [0.3, 0.4) is 0 Å². The molecule has 114 valence electrons. The highest BCUT2D eigenvalue weighted by molar-refractivity contribution is 5.83. The van der Waals surface area contributed by atoms with E-state index in [0.717, 1.165) is 51.1 Å². The molecule has 0 saturated heterocycles. The molecule has 0 aromatic carbocycles. The van der Waals surface area contributed by atoms with Crippen LogP contribution in [0.15, 0.2) is 11.6 Å². The highest BCUT2D eigenvalue weighted by atomic mass is 16.5. The van der Waals surface area contributed by atoms with Crippen LogP contribution in [0.4, 0.5) is 0 Å². The third-order valence-electron chi connectivity index (χ3n) is 5.00. The van der Waals surface area contributed by atoms with Gasteiger partial charge in [-0.25, -0.2) is 0 Å². The van der Waals surface area contributed by atoms with Gasteiger partial charge in [-0.15, -0.1) is 0 Å². The Morgan fingerprint density at radius 2 is 2.20 bits per heavy atom. The van der Waals surface area contributed by atoms with Crippen molar-refractivity contribution in [3.63, 3.8) is 0 Å². The molecule has 1 fully saturated rings. The predicted molar refractivity (Wildman–Crippen MR) is 80.3 cm³/mol. The minimum absolute atomic E-state index is 0.277. The fraction of sp³-hybridized carbons (Fsp3) is 0.812. The highest BCUT2D eigenvalue weighted by Gasteiger charge is 2.42. The SMILES string of the molecule is COCC1=CCN(C(=O)C2(CN)CCC(C)CC2)CC1.